The highest BCUT2D eigenvalue weighted by atomic mass is 16.2. The average Bonchev–Trinajstić information content (AvgIpc) is 3.38. The number of hydrogen-bond donors (Lipinski definition) is 1. The van der Waals surface area contributed by atoms with E-state index in [0.717, 1.165) is 32.2 Å². The van der Waals surface area contributed by atoms with Crippen LogP contribution < -0.4 is 5.32 Å². The van der Waals surface area contributed by atoms with E-state index in [9.17, 15) is 9.59 Å². The van der Waals surface area contributed by atoms with Gasteiger partial charge in [-0.1, -0.05) is 18.2 Å². The third-order valence-corrected chi connectivity index (χ3v) is 4.17. The molecule has 1 aliphatic heterocycles. The highest BCUT2D eigenvalue weighted by molar-refractivity contribution is 5.96. The molecule has 0 atom stereocenters. The number of nitrogens with zero attached hydrogens (tertiary/aromatic N) is 2. The van der Waals surface area contributed by atoms with E-state index in [2.05, 4.69) is 10.2 Å². The van der Waals surface area contributed by atoms with E-state index in [-0.39, 0.29) is 18.4 Å². The molecule has 0 aromatic heterocycles. The van der Waals surface area contributed by atoms with Crippen LogP contribution in [-0.4, -0.2) is 60.4 Å². The summed E-state index contributed by atoms with van der Waals surface area (Å²) in [4.78, 5) is 28.3. The Morgan fingerprint density at radius 2 is 1.71 bits per heavy atom. The topological polar surface area (TPSA) is 52.7 Å². The molecule has 2 amide bonds. The number of piperazine rings is 1. The van der Waals surface area contributed by atoms with Crippen molar-refractivity contribution in [3.05, 3.63) is 35.9 Å². The van der Waals surface area contributed by atoms with Crippen LogP contribution in [0.3, 0.4) is 0 Å². The first kappa shape index (κ1) is 14.1. The minimum atomic E-state index is -0.194. The molecular formula is C16H21N3O2. The monoisotopic (exact) mass is 287 g/mol. The van der Waals surface area contributed by atoms with Crippen LogP contribution >= 0.6 is 0 Å². The molecule has 3 rings (SSSR count). The number of carbonyl (C=O) groups excluding carboxylic acids is 2. The van der Waals surface area contributed by atoms with Crippen LogP contribution in [0.15, 0.2) is 30.3 Å². The van der Waals surface area contributed by atoms with Gasteiger partial charge in [0.2, 0.25) is 5.91 Å². The zero-order valence-corrected chi connectivity index (χ0v) is 12.1. The number of nitrogens with one attached hydrogen (secondary N) is 1. The fourth-order valence-electron chi connectivity index (χ4n) is 2.74. The Morgan fingerprint density at radius 1 is 1.05 bits per heavy atom. The Morgan fingerprint density at radius 3 is 2.33 bits per heavy atom. The molecule has 1 heterocycles. The van der Waals surface area contributed by atoms with Gasteiger partial charge in [-0.3, -0.25) is 14.5 Å². The molecule has 1 N–H and O–H groups in total. The van der Waals surface area contributed by atoms with Gasteiger partial charge in [0.05, 0.1) is 6.54 Å². The van der Waals surface area contributed by atoms with Gasteiger partial charge >= 0.3 is 0 Å². The fraction of sp³-hybridized carbons (Fsp3) is 0.500. The first-order valence-corrected chi connectivity index (χ1v) is 7.59. The minimum absolute atomic E-state index is 0.00901. The molecule has 1 aromatic carbocycles. The van der Waals surface area contributed by atoms with Crippen molar-refractivity contribution in [2.75, 3.05) is 32.7 Å². The summed E-state index contributed by atoms with van der Waals surface area (Å²) in [5.41, 5.74) is 0.587. The van der Waals surface area contributed by atoms with Crippen molar-refractivity contribution in [1.82, 2.24) is 15.1 Å². The van der Waals surface area contributed by atoms with Gasteiger partial charge in [0, 0.05) is 37.8 Å². The molecular weight excluding hydrogens is 266 g/mol. The summed E-state index contributed by atoms with van der Waals surface area (Å²) in [5, 5.41) is 2.70. The van der Waals surface area contributed by atoms with Gasteiger partial charge in [0.15, 0.2) is 0 Å². The quantitative estimate of drug-likeness (QED) is 0.888. The van der Waals surface area contributed by atoms with Gasteiger partial charge in [-0.2, -0.15) is 0 Å². The number of amides is 2. The highest BCUT2D eigenvalue weighted by Crippen LogP contribution is 2.27. The van der Waals surface area contributed by atoms with Crippen LogP contribution in [0.25, 0.3) is 0 Å². The SMILES string of the molecule is O=C(NCC(=O)N1CCN(C2CC2)CC1)c1ccccc1. The number of benzene rings is 1. The van der Waals surface area contributed by atoms with E-state index >= 15 is 0 Å². The van der Waals surface area contributed by atoms with E-state index in [1.54, 1.807) is 12.1 Å². The first-order chi connectivity index (χ1) is 10.2. The lowest BCUT2D eigenvalue weighted by Gasteiger charge is -2.34. The predicted octanol–water partition coefficient (Wildman–Crippen LogP) is 0.723. The van der Waals surface area contributed by atoms with Gasteiger partial charge in [-0.05, 0) is 25.0 Å². The molecule has 1 saturated heterocycles. The zero-order chi connectivity index (χ0) is 14.7. The second-order valence-electron chi connectivity index (χ2n) is 5.70. The second-order valence-corrected chi connectivity index (χ2v) is 5.70. The summed E-state index contributed by atoms with van der Waals surface area (Å²) >= 11 is 0. The Bertz CT molecular complexity index is 506. The molecule has 1 saturated carbocycles. The summed E-state index contributed by atoms with van der Waals surface area (Å²) in [7, 11) is 0. The summed E-state index contributed by atoms with van der Waals surface area (Å²) in [6.45, 7) is 3.55. The van der Waals surface area contributed by atoms with Crippen molar-refractivity contribution in [1.29, 1.82) is 0 Å². The predicted molar refractivity (Wildman–Crippen MR) is 80.0 cm³/mol. The molecule has 5 heteroatoms. The van der Waals surface area contributed by atoms with Crippen LogP contribution in [0.4, 0.5) is 0 Å². The molecule has 5 nitrogen and oxygen atoms in total. The van der Waals surface area contributed by atoms with E-state index in [0.29, 0.717) is 5.56 Å². The zero-order valence-electron chi connectivity index (χ0n) is 12.1. The Hall–Kier alpha value is -1.88. The van der Waals surface area contributed by atoms with Crippen LogP contribution in [0.2, 0.25) is 0 Å². The van der Waals surface area contributed by atoms with Gasteiger partial charge in [-0.25, -0.2) is 0 Å². The summed E-state index contributed by atoms with van der Waals surface area (Å²) < 4.78 is 0. The Kier molecular flexibility index (Phi) is 4.20. The molecule has 0 spiro atoms. The van der Waals surface area contributed by atoms with Crippen LogP contribution in [0, 0.1) is 0 Å². The van der Waals surface area contributed by atoms with E-state index in [1.807, 2.05) is 23.1 Å². The van der Waals surface area contributed by atoms with Gasteiger partial charge in [0.1, 0.15) is 0 Å². The lowest BCUT2D eigenvalue weighted by Crippen LogP contribution is -2.51. The van der Waals surface area contributed by atoms with E-state index in [1.165, 1.54) is 12.8 Å². The molecule has 1 aliphatic carbocycles. The minimum Gasteiger partial charge on any atom is -0.343 e. The summed E-state index contributed by atoms with van der Waals surface area (Å²) in [6.07, 6.45) is 2.61. The van der Waals surface area contributed by atoms with Crippen LogP contribution in [0.1, 0.15) is 23.2 Å². The maximum absolute atomic E-state index is 12.1. The first-order valence-electron chi connectivity index (χ1n) is 7.59. The lowest BCUT2D eigenvalue weighted by molar-refractivity contribution is -0.131. The van der Waals surface area contributed by atoms with Crippen molar-refractivity contribution >= 4 is 11.8 Å². The maximum Gasteiger partial charge on any atom is 0.251 e. The molecule has 21 heavy (non-hydrogen) atoms. The second kappa shape index (κ2) is 6.26. The molecule has 0 unspecified atom stereocenters. The Balaban J connectivity index is 1.43. The fourth-order valence-corrected chi connectivity index (χ4v) is 2.74. The standard InChI is InChI=1S/C16H21N3O2/c20-15(12-17-16(21)13-4-2-1-3-5-13)19-10-8-18(9-11-19)14-6-7-14/h1-5,14H,6-12H2,(H,17,21). The summed E-state index contributed by atoms with van der Waals surface area (Å²) in [5.74, 6) is -0.185. The number of hydrogen-bond acceptors (Lipinski definition) is 3. The number of carbonyl (C=O) groups is 2. The third-order valence-electron chi connectivity index (χ3n) is 4.17. The van der Waals surface area contributed by atoms with Gasteiger partial charge in [-0.15, -0.1) is 0 Å². The highest BCUT2D eigenvalue weighted by Gasteiger charge is 2.32. The van der Waals surface area contributed by atoms with Gasteiger partial charge in [0.25, 0.3) is 5.91 Å². The molecule has 2 aliphatic rings. The van der Waals surface area contributed by atoms with Crippen molar-refractivity contribution in [3.8, 4) is 0 Å². The van der Waals surface area contributed by atoms with Crippen LogP contribution in [0.5, 0.6) is 0 Å². The normalized spacial score (nSPS) is 19.3. The van der Waals surface area contributed by atoms with Gasteiger partial charge < -0.3 is 10.2 Å². The summed E-state index contributed by atoms with van der Waals surface area (Å²) in [6, 6.07) is 9.74. The molecule has 0 bridgehead atoms. The molecule has 112 valence electrons. The molecule has 1 aromatic rings. The maximum atomic E-state index is 12.1. The van der Waals surface area contributed by atoms with Crippen molar-refractivity contribution in [2.45, 2.75) is 18.9 Å². The Labute approximate surface area is 124 Å². The van der Waals surface area contributed by atoms with Crippen LogP contribution in [-0.2, 0) is 4.79 Å². The molecule has 0 radical (unpaired) electrons. The number of rotatable bonds is 4. The average molecular weight is 287 g/mol. The lowest BCUT2D eigenvalue weighted by atomic mass is 10.2. The van der Waals surface area contributed by atoms with E-state index < -0.39 is 0 Å². The van der Waals surface area contributed by atoms with Crippen molar-refractivity contribution in [3.63, 3.8) is 0 Å². The molecule has 2 fully saturated rings. The largest absolute Gasteiger partial charge is 0.343 e. The van der Waals surface area contributed by atoms with E-state index in [4.69, 9.17) is 0 Å². The van der Waals surface area contributed by atoms with Crippen molar-refractivity contribution < 1.29 is 9.59 Å². The smallest absolute Gasteiger partial charge is 0.251 e. The van der Waals surface area contributed by atoms with Crippen molar-refractivity contribution in [2.24, 2.45) is 0 Å². The third kappa shape index (κ3) is 3.61.